The van der Waals surface area contributed by atoms with Gasteiger partial charge < -0.3 is 5.11 Å². The zero-order valence-corrected chi connectivity index (χ0v) is 15.1. The number of nitrogens with one attached hydrogen (secondary N) is 1. The van der Waals surface area contributed by atoms with Crippen LogP contribution in [0.1, 0.15) is 24.8 Å². The van der Waals surface area contributed by atoms with E-state index >= 15 is 0 Å². The first-order valence-corrected chi connectivity index (χ1v) is 9.50. The highest BCUT2D eigenvalue weighted by molar-refractivity contribution is 9.11. The van der Waals surface area contributed by atoms with Gasteiger partial charge in [0.2, 0.25) is 10.0 Å². The Morgan fingerprint density at radius 2 is 2.00 bits per heavy atom. The first-order chi connectivity index (χ1) is 9.29. The van der Waals surface area contributed by atoms with Crippen LogP contribution in [-0.2, 0) is 10.0 Å². The van der Waals surface area contributed by atoms with E-state index in [1.165, 1.54) is 0 Å². The molecule has 112 valence electrons. The van der Waals surface area contributed by atoms with Crippen LogP contribution in [0.3, 0.4) is 0 Å². The van der Waals surface area contributed by atoms with Crippen LogP contribution >= 0.6 is 31.9 Å². The van der Waals surface area contributed by atoms with E-state index in [2.05, 4.69) is 36.6 Å². The van der Waals surface area contributed by atoms with Gasteiger partial charge in [0.1, 0.15) is 0 Å². The third kappa shape index (κ3) is 3.82. The number of benzene rings is 1. The summed E-state index contributed by atoms with van der Waals surface area (Å²) in [7, 11) is -3.54. The molecular weight excluding hydrogens is 410 g/mol. The summed E-state index contributed by atoms with van der Waals surface area (Å²) in [5, 5.41) is 9.47. The summed E-state index contributed by atoms with van der Waals surface area (Å²) in [6, 6.07) is 3.38. The van der Waals surface area contributed by atoms with Crippen molar-refractivity contribution in [1.82, 2.24) is 4.72 Å². The lowest BCUT2D eigenvalue weighted by atomic mass is 10.1. The van der Waals surface area contributed by atoms with Gasteiger partial charge in [-0.05, 0) is 65.7 Å². The number of halogens is 2. The summed E-state index contributed by atoms with van der Waals surface area (Å²) in [6.45, 7) is 2.27. The minimum Gasteiger partial charge on any atom is -0.393 e. The number of aryl methyl sites for hydroxylation is 1. The lowest BCUT2D eigenvalue weighted by molar-refractivity contribution is 0.178. The van der Waals surface area contributed by atoms with Gasteiger partial charge in [0.15, 0.2) is 0 Å². The third-order valence-corrected chi connectivity index (χ3v) is 6.81. The van der Waals surface area contributed by atoms with Crippen LogP contribution in [0, 0.1) is 12.8 Å². The van der Waals surface area contributed by atoms with Gasteiger partial charge >= 0.3 is 0 Å². The molecular formula is C13H17Br2NO3S. The van der Waals surface area contributed by atoms with Gasteiger partial charge in [-0.3, -0.25) is 0 Å². The molecule has 0 saturated heterocycles. The van der Waals surface area contributed by atoms with Crippen molar-refractivity contribution in [3.63, 3.8) is 0 Å². The molecule has 1 aromatic carbocycles. The summed E-state index contributed by atoms with van der Waals surface area (Å²) in [6.07, 6.45) is 2.00. The van der Waals surface area contributed by atoms with Gasteiger partial charge in [0, 0.05) is 15.5 Å². The molecule has 2 unspecified atom stereocenters. The largest absolute Gasteiger partial charge is 0.393 e. The second-order valence-electron chi connectivity index (χ2n) is 5.22. The Hall–Kier alpha value is 0.0500. The molecule has 1 aromatic rings. The molecule has 0 spiro atoms. The fourth-order valence-corrected chi connectivity index (χ4v) is 5.16. The maximum absolute atomic E-state index is 12.3. The van der Waals surface area contributed by atoms with Crippen LogP contribution in [0.2, 0.25) is 0 Å². The molecule has 0 bridgehead atoms. The third-order valence-electron chi connectivity index (χ3n) is 3.58. The minimum absolute atomic E-state index is 0.215. The van der Waals surface area contributed by atoms with E-state index in [4.69, 9.17) is 0 Å². The Morgan fingerprint density at radius 1 is 1.30 bits per heavy atom. The molecule has 1 saturated carbocycles. The predicted octanol–water partition coefficient (Wildman–Crippen LogP) is 2.96. The smallest absolute Gasteiger partial charge is 0.241 e. The Bertz CT molecular complexity index is 604. The second kappa shape index (κ2) is 6.44. The summed E-state index contributed by atoms with van der Waals surface area (Å²) >= 11 is 6.65. The summed E-state index contributed by atoms with van der Waals surface area (Å²) in [4.78, 5) is 0.230. The minimum atomic E-state index is -3.54. The molecule has 7 heteroatoms. The number of rotatable bonds is 4. The van der Waals surface area contributed by atoms with Crippen molar-refractivity contribution in [2.45, 2.75) is 37.2 Å². The molecule has 2 rings (SSSR count). The normalized spacial score (nSPS) is 23.2. The van der Waals surface area contributed by atoms with Gasteiger partial charge in [-0.15, -0.1) is 0 Å². The zero-order valence-electron chi connectivity index (χ0n) is 11.1. The van der Waals surface area contributed by atoms with Crippen LogP contribution in [0.5, 0.6) is 0 Å². The molecule has 0 heterocycles. The van der Waals surface area contributed by atoms with Gasteiger partial charge in [0.05, 0.1) is 11.0 Å². The maximum Gasteiger partial charge on any atom is 0.241 e. The molecule has 2 atom stereocenters. The van der Waals surface area contributed by atoms with Crippen molar-refractivity contribution < 1.29 is 13.5 Å². The van der Waals surface area contributed by atoms with E-state index in [1.807, 2.05) is 6.92 Å². The molecule has 1 aliphatic carbocycles. The van der Waals surface area contributed by atoms with E-state index < -0.39 is 10.0 Å². The molecule has 1 aliphatic rings. The lowest BCUT2D eigenvalue weighted by Gasteiger charge is -2.13. The molecule has 1 fully saturated rings. The van der Waals surface area contributed by atoms with Crippen molar-refractivity contribution in [2.24, 2.45) is 5.92 Å². The van der Waals surface area contributed by atoms with Crippen LogP contribution in [-0.4, -0.2) is 26.2 Å². The molecule has 4 nitrogen and oxygen atoms in total. The van der Waals surface area contributed by atoms with Crippen molar-refractivity contribution >= 4 is 41.9 Å². The van der Waals surface area contributed by atoms with E-state index in [-0.39, 0.29) is 16.9 Å². The van der Waals surface area contributed by atoms with Crippen molar-refractivity contribution in [3.05, 3.63) is 26.6 Å². The Balaban J connectivity index is 2.12. The first kappa shape index (κ1) is 16.4. The van der Waals surface area contributed by atoms with Crippen LogP contribution in [0.4, 0.5) is 0 Å². The van der Waals surface area contributed by atoms with E-state index in [0.29, 0.717) is 17.4 Å². The molecule has 0 aromatic heterocycles. The summed E-state index contributed by atoms with van der Waals surface area (Å²) < 4.78 is 28.6. The quantitative estimate of drug-likeness (QED) is 0.777. The fourth-order valence-electron chi connectivity index (χ4n) is 2.37. The van der Waals surface area contributed by atoms with Crippen molar-refractivity contribution in [2.75, 3.05) is 6.54 Å². The second-order valence-corrected chi connectivity index (χ2v) is 8.66. The molecule has 20 heavy (non-hydrogen) atoms. The molecule has 0 amide bonds. The predicted molar refractivity (Wildman–Crippen MR) is 85.1 cm³/mol. The lowest BCUT2D eigenvalue weighted by Crippen LogP contribution is -2.29. The van der Waals surface area contributed by atoms with Crippen LogP contribution < -0.4 is 4.72 Å². The standard InChI is InChI=1S/C13H17Br2NO3S/c1-8-4-12(15)13(6-11(8)14)20(18,19)16-7-9-2-3-10(17)5-9/h4,6,9-10,16-17H,2-3,5,7H2,1H3. The number of hydrogen-bond donors (Lipinski definition) is 2. The van der Waals surface area contributed by atoms with E-state index in [0.717, 1.165) is 22.9 Å². The topological polar surface area (TPSA) is 66.4 Å². The van der Waals surface area contributed by atoms with Gasteiger partial charge in [0.25, 0.3) is 0 Å². The highest BCUT2D eigenvalue weighted by Gasteiger charge is 2.25. The number of hydrogen-bond acceptors (Lipinski definition) is 3. The summed E-state index contributed by atoms with van der Waals surface area (Å²) in [5.74, 6) is 0.215. The Kier molecular flexibility index (Phi) is 5.29. The van der Waals surface area contributed by atoms with E-state index in [1.54, 1.807) is 12.1 Å². The van der Waals surface area contributed by atoms with E-state index in [9.17, 15) is 13.5 Å². The molecule has 0 radical (unpaired) electrons. The number of aliphatic hydroxyl groups excluding tert-OH is 1. The van der Waals surface area contributed by atoms with Crippen molar-refractivity contribution in [3.8, 4) is 0 Å². The van der Waals surface area contributed by atoms with Gasteiger partial charge in [-0.25, -0.2) is 13.1 Å². The highest BCUT2D eigenvalue weighted by atomic mass is 79.9. The van der Waals surface area contributed by atoms with Crippen LogP contribution in [0.25, 0.3) is 0 Å². The van der Waals surface area contributed by atoms with Crippen molar-refractivity contribution in [1.29, 1.82) is 0 Å². The van der Waals surface area contributed by atoms with Gasteiger partial charge in [-0.1, -0.05) is 15.9 Å². The number of sulfonamides is 1. The van der Waals surface area contributed by atoms with Crippen LogP contribution in [0.15, 0.2) is 26.0 Å². The average Bonchev–Trinajstić information content (AvgIpc) is 2.77. The Labute approximate surface area is 136 Å². The monoisotopic (exact) mass is 425 g/mol. The average molecular weight is 427 g/mol. The molecule has 0 aliphatic heterocycles. The Morgan fingerprint density at radius 3 is 2.60 bits per heavy atom. The summed E-state index contributed by atoms with van der Waals surface area (Å²) in [5.41, 5.74) is 0.967. The SMILES string of the molecule is Cc1cc(Br)c(S(=O)(=O)NCC2CCC(O)C2)cc1Br. The maximum atomic E-state index is 12.3. The zero-order chi connectivity index (χ0) is 14.9. The first-order valence-electron chi connectivity index (χ1n) is 6.43. The molecule has 2 N–H and O–H groups in total. The fraction of sp³-hybridized carbons (Fsp3) is 0.538. The number of aliphatic hydroxyl groups is 1. The highest BCUT2D eigenvalue weighted by Crippen LogP contribution is 2.29. The van der Waals surface area contributed by atoms with Gasteiger partial charge in [-0.2, -0.15) is 0 Å².